The summed E-state index contributed by atoms with van der Waals surface area (Å²) >= 11 is 0. The molecular weight excluding hydrogens is 268 g/mol. The zero-order chi connectivity index (χ0) is 15.6. The highest BCUT2D eigenvalue weighted by Gasteiger charge is 2.46. The number of pyridine rings is 1. The van der Waals surface area contributed by atoms with E-state index >= 15 is 0 Å². The van der Waals surface area contributed by atoms with Gasteiger partial charge in [0, 0.05) is 5.69 Å². The van der Waals surface area contributed by atoms with Crippen molar-refractivity contribution in [3.05, 3.63) is 29.1 Å². The molecular formula is C16H22N2O3. The molecule has 0 spiro atoms. The standard InChI is InChI=1S/C16H22N2O3/c1-10-6-4-5-9-16(10,15(20)21)18-14(19)13-8-7-11(2)17-12(13)3/h7-8,10H,4-6,9H2,1-3H3,(H,18,19)(H,20,21). The van der Waals surface area contributed by atoms with Crippen LogP contribution in [0.3, 0.4) is 0 Å². The molecule has 2 N–H and O–H groups in total. The second kappa shape index (κ2) is 5.84. The number of amides is 1. The number of aliphatic carboxylic acids is 1. The van der Waals surface area contributed by atoms with Crippen LogP contribution < -0.4 is 5.32 Å². The smallest absolute Gasteiger partial charge is 0.329 e. The largest absolute Gasteiger partial charge is 0.479 e. The van der Waals surface area contributed by atoms with Gasteiger partial charge < -0.3 is 10.4 Å². The number of nitrogens with one attached hydrogen (secondary N) is 1. The Labute approximate surface area is 124 Å². The normalized spacial score (nSPS) is 25.4. The van der Waals surface area contributed by atoms with Crippen molar-refractivity contribution < 1.29 is 14.7 Å². The fourth-order valence-electron chi connectivity index (χ4n) is 3.10. The summed E-state index contributed by atoms with van der Waals surface area (Å²) in [5.41, 5.74) is 0.741. The molecule has 1 saturated carbocycles. The van der Waals surface area contributed by atoms with Crippen LogP contribution in [0.25, 0.3) is 0 Å². The quantitative estimate of drug-likeness (QED) is 0.896. The van der Waals surface area contributed by atoms with E-state index in [0.29, 0.717) is 17.7 Å². The molecule has 0 bridgehead atoms. The summed E-state index contributed by atoms with van der Waals surface area (Å²) in [5.74, 6) is -1.37. The highest BCUT2D eigenvalue weighted by molar-refractivity contribution is 5.98. The van der Waals surface area contributed by atoms with Crippen molar-refractivity contribution >= 4 is 11.9 Å². The maximum atomic E-state index is 12.5. The van der Waals surface area contributed by atoms with Crippen LogP contribution in [-0.4, -0.2) is 27.5 Å². The molecule has 0 aromatic carbocycles. The van der Waals surface area contributed by atoms with Gasteiger partial charge in [0.15, 0.2) is 0 Å². The average Bonchev–Trinajstić information content (AvgIpc) is 2.41. The van der Waals surface area contributed by atoms with Crippen molar-refractivity contribution in [3.63, 3.8) is 0 Å². The van der Waals surface area contributed by atoms with Crippen LogP contribution in [0.4, 0.5) is 0 Å². The molecule has 5 nitrogen and oxygen atoms in total. The van der Waals surface area contributed by atoms with Gasteiger partial charge in [0.1, 0.15) is 5.54 Å². The van der Waals surface area contributed by atoms with Gasteiger partial charge in [0.05, 0.1) is 11.3 Å². The molecule has 0 saturated heterocycles. The predicted octanol–water partition coefficient (Wildman–Crippen LogP) is 2.46. The maximum Gasteiger partial charge on any atom is 0.329 e. The van der Waals surface area contributed by atoms with Gasteiger partial charge in [-0.2, -0.15) is 0 Å². The van der Waals surface area contributed by atoms with Crippen LogP contribution in [0.5, 0.6) is 0 Å². The highest BCUT2D eigenvalue weighted by Crippen LogP contribution is 2.34. The van der Waals surface area contributed by atoms with E-state index < -0.39 is 11.5 Å². The van der Waals surface area contributed by atoms with Crippen LogP contribution in [0.15, 0.2) is 12.1 Å². The Kier molecular flexibility index (Phi) is 4.30. The Balaban J connectivity index is 2.28. The van der Waals surface area contributed by atoms with Crippen molar-refractivity contribution in [2.45, 2.75) is 52.0 Å². The van der Waals surface area contributed by atoms with Gasteiger partial charge in [0.2, 0.25) is 0 Å². The second-order valence-electron chi connectivity index (χ2n) is 5.96. The fraction of sp³-hybridized carbons (Fsp3) is 0.562. The average molecular weight is 290 g/mol. The zero-order valence-corrected chi connectivity index (χ0v) is 12.8. The number of carboxylic acids is 1. The van der Waals surface area contributed by atoms with Gasteiger partial charge in [-0.25, -0.2) is 4.79 Å². The lowest BCUT2D eigenvalue weighted by Gasteiger charge is -2.39. The van der Waals surface area contributed by atoms with Gasteiger partial charge in [-0.1, -0.05) is 19.8 Å². The molecule has 2 unspecified atom stereocenters. The van der Waals surface area contributed by atoms with Gasteiger partial charge >= 0.3 is 5.97 Å². The third-order valence-corrected chi connectivity index (χ3v) is 4.49. The number of rotatable bonds is 3. The lowest BCUT2D eigenvalue weighted by molar-refractivity contribution is -0.148. The monoisotopic (exact) mass is 290 g/mol. The molecule has 1 aromatic heterocycles. The number of hydrogen-bond donors (Lipinski definition) is 2. The summed E-state index contributed by atoms with van der Waals surface area (Å²) in [5, 5.41) is 12.4. The molecule has 1 aliphatic rings. The van der Waals surface area contributed by atoms with E-state index in [1.54, 1.807) is 19.1 Å². The first kappa shape index (κ1) is 15.5. The van der Waals surface area contributed by atoms with E-state index in [-0.39, 0.29) is 11.8 Å². The summed E-state index contributed by atoms with van der Waals surface area (Å²) in [4.78, 5) is 28.5. The zero-order valence-electron chi connectivity index (χ0n) is 12.8. The first-order valence-corrected chi connectivity index (χ1v) is 7.37. The van der Waals surface area contributed by atoms with Crippen molar-refractivity contribution in [2.75, 3.05) is 0 Å². The summed E-state index contributed by atoms with van der Waals surface area (Å²) < 4.78 is 0. The molecule has 2 rings (SSSR count). The number of aryl methyl sites for hydroxylation is 2. The number of carboxylic acid groups (broad SMARTS) is 1. The minimum Gasteiger partial charge on any atom is -0.479 e. The minimum absolute atomic E-state index is 0.0774. The van der Waals surface area contributed by atoms with Crippen molar-refractivity contribution in [1.82, 2.24) is 10.3 Å². The van der Waals surface area contributed by atoms with E-state index in [0.717, 1.165) is 25.0 Å². The van der Waals surface area contributed by atoms with E-state index in [1.807, 2.05) is 13.8 Å². The van der Waals surface area contributed by atoms with Gasteiger partial charge in [-0.15, -0.1) is 0 Å². The highest BCUT2D eigenvalue weighted by atomic mass is 16.4. The Hall–Kier alpha value is -1.91. The molecule has 1 aliphatic carbocycles. The Morgan fingerprint density at radius 2 is 2.05 bits per heavy atom. The second-order valence-corrected chi connectivity index (χ2v) is 5.96. The molecule has 5 heteroatoms. The number of aromatic nitrogens is 1. The fourth-order valence-corrected chi connectivity index (χ4v) is 3.10. The molecule has 114 valence electrons. The maximum absolute atomic E-state index is 12.5. The molecule has 0 radical (unpaired) electrons. The number of hydrogen-bond acceptors (Lipinski definition) is 3. The first-order chi connectivity index (χ1) is 9.86. The molecule has 1 amide bonds. The molecule has 0 aliphatic heterocycles. The summed E-state index contributed by atoms with van der Waals surface area (Å²) in [6.07, 6.45) is 3.13. The van der Waals surface area contributed by atoms with Crippen LogP contribution in [0.2, 0.25) is 0 Å². The van der Waals surface area contributed by atoms with Crippen LogP contribution in [-0.2, 0) is 4.79 Å². The SMILES string of the molecule is Cc1ccc(C(=O)NC2(C(=O)O)CCCCC2C)c(C)n1. The number of carbonyl (C=O) groups is 2. The predicted molar refractivity (Wildman–Crippen MR) is 79.2 cm³/mol. The van der Waals surface area contributed by atoms with E-state index in [1.165, 1.54) is 0 Å². The molecule has 1 fully saturated rings. The van der Waals surface area contributed by atoms with Crippen LogP contribution >= 0.6 is 0 Å². The third kappa shape index (κ3) is 2.91. The Morgan fingerprint density at radius 1 is 1.33 bits per heavy atom. The lowest BCUT2D eigenvalue weighted by atomic mass is 9.73. The summed E-state index contributed by atoms with van der Waals surface area (Å²) in [6, 6.07) is 3.47. The molecule has 1 heterocycles. The lowest BCUT2D eigenvalue weighted by Crippen LogP contribution is -2.60. The number of nitrogens with zero attached hydrogens (tertiary/aromatic N) is 1. The summed E-state index contributed by atoms with van der Waals surface area (Å²) in [7, 11) is 0. The molecule has 2 atom stereocenters. The first-order valence-electron chi connectivity index (χ1n) is 7.37. The topological polar surface area (TPSA) is 79.3 Å². The summed E-state index contributed by atoms with van der Waals surface area (Å²) in [6.45, 7) is 5.52. The van der Waals surface area contributed by atoms with Crippen molar-refractivity contribution in [3.8, 4) is 0 Å². The Bertz CT molecular complexity index is 571. The van der Waals surface area contributed by atoms with Gasteiger partial charge in [-0.05, 0) is 44.7 Å². The van der Waals surface area contributed by atoms with E-state index in [4.69, 9.17) is 0 Å². The molecule has 1 aromatic rings. The van der Waals surface area contributed by atoms with Crippen molar-refractivity contribution in [1.29, 1.82) is 0 Å². The molecule has 21 heavy (non-hydrogen) atoms. The Morgan fingerprint density at radius 3 is 2.62 bits per heavy atom. The van der Waals surface area contributed by atoms with E-state index in [9.17, 15) is 14.7 Å². The number of carbonyl (C=O) groups excluding carboxylic acids is 1. The van der Waals surface area contributed by atoms with Crippen LogP contribution in [0.1, 0.15) is 54.4 Å². The van der Waals surface area contributed by atoms with Gasteiger partial charge in [-0.3, -0.25) is 9.78 Å². The van der Waals surface area contributed by atoms with Gasteiger partial charge in [0.25, 0.3) is 5.91 Å². The van der Waals surface area contributed by atoms with Crippen molar-refractivity contribution in [2.24, 2.45) is 5.92 Å². The van der Waals surface area contributed by atoms with E-state index in [2.05, 4.69) is 10.3 Å². The van der Waals surface area contributed by atoms with Crippen LogP contribution in [0, 0.1) is 19.8 Å². The minimum atomic E-state index is -1.16. The third-order valence-electron chi connectivity index (χ3n) is 4.49.